The zero-order valence-corrected chi connectivity index (χ0v) is 8.47. The second-order valence-corrected chi connectivity index (χ2v) is 3.22. The maximum absolute atomic E-state index is 5.84. The van der Waals surface area contributed by atoms with Crippen LogP contribution in [0.25, 0.3) is 0 Å². The second kappa shape index (κ2) is 5.97. The van der Waals surface area contributed by atoms with Crippen molar-refractivity contribution in [3.8, 4) is 0 Å². The topological polar surface area (TPSA) is 21.3 Å². The van der Waals surface area contributed by atoms with Gasteiger partial charge in [-0.25, -0.2) is 5.48 Å². The molecule has 0 aliphatic carbocycles. The molecule has 0 radical (unpaired) electrons. The first-order valence-corrected chi connectivity index (χ1v) is 4.73. The van der Waals surface area contributed by atoms with E-state index in [1.165, 1.54) is 5.56 Å². The lowest BCUT2D eigenvalue weighted by molar-refractivity contribution is 0.0564. The van der Waals surface area contributed by atoms with Gasteiger partial charge >= 0.3 is 0 Å². The van der Waals surface area contributed by atoms with Crippen LogP contribution in [0.2, 0.25) is 5.02 Å². The van der Waals surface area contributed by atoms with Crippen molar-refractivity contribution in [2.75, 3.05) is 13.7 Å². The number of halogens is 1. The summed E-state index contributed by atoms with van der Waals surface area (Å²) in [6.45, 7) is 0.725. The van der Waals surface area contributed by atoms with E-state index in [1.807, 2.05) is 18.2 Å². The number of hydrogen-bond acceptors (Lipinski definition) is 2. The molecule has 3 heteroatoms. The molecule has 13 heavy (non-hydrogen) atoms. The molecule has 1 N–H and O–H groups in total. The van der Waals surface area contributed by atoms with Crippen molar-refractivity contribution < 1.29 is 4.84 Å². The highest BCUT2D eigenvalue weighted by Gasteiger charge is 1.94. The summed E-state index contributed by atoms with van der Waals surface area (Å²) < 4.78 is 0. The van der Waals surface area contributed by atoms with Crippen LogP contribution in [0.4, 0.5) is 0 Å². The van der Waals surface area contributed by atoms with Gasteiger partial charge in [0.25, 0.3) is 0 Å². The fraction of sp³-hybridized carbons (Fsp3) is 0.400. The Labute approximate surface area is 83.8 Å². The number of aryl methyl sites for hydroxylation is 1. The Bertz CT molecular complexity index is 252. The van der Waals surface area contributed by atoms with Crippen LogP contribution >= 0.6 is 11.6 Å². The molecule has 2 nitrogen and oxygen atoms in total. The molecule has 0 bridgehead atoms. The van der Waals surface area contributed by atoms with Gasteiger partial charge < -0.3 is 4.84 Å². The largest absolute Gasteiger partial charge is 0.302 e. The third-order valence-electron chi connectivity index (χ3n) is 1.75. The Morgan fingerprint density at radius 2 is 2.31 bits per heavy atom. The van der Waals surface area contributed by atoms with Gasteiger partial charge in [0.1, 0.15) is 0 Å². The predicted molar refractivity (Wildman–Crippen MR) is 54.8 cm³/mol. The standard InChI is InChI=1S/C10H14ClNO/c1-12-13-7-3-5-9-4-2-6-10(11)8-9/h2,4,6,8,12H,3,5,7H2,1H3. The first kappa shape index (κ1) is 10.5. The summed E-state index contributed by atoms with van der Waals surface area (Å²) in [4.78, 5) is 5.00. The molecule has 0 unspecified atom stereocenters. The SMILES string of the molecule is CNOCCCc1cccc(Cl)c1. The minimum atomic E-state index is 0.725. The number of hydrogen-bond donors (Lipinski definition) is 1. The normalized spacial score (nSPS) is 10.3. The lowest BCUT2D eigenvalue weighted by atomic mass is 10.1. The molecule has 0 atom stereocenters. The average molecular weight is 200 g/mol. The molecule has 0 amide bonds. The Morgan fingerprint density at radius 1 is 1.46 bits per heavy atom. The van der Waals surface area contributed by atoms with E-state index >= 15 is 0 Å². The Kier molecular flexibility index (Phi) is 4.83. The van der Waals surface area contributed by atoms with Crippen molar-refractivity contribution in [3.05, 3.63) is 34.9 Å². The van der Waals surface area contributed by atoms with Crippen LogP contribution in [0.15, 0.2) is 24.3 Å². The summed E-state index contributed by atoms with van der Waals surface area (Å²) in [5.74, 6) is 0. The zero-order chi connectivity index (χ0) is 9.52. The number of benzene rings is 1. The summed E-state index contributed by atoms with van der Waals surface area (Å²) in [6.07, 6.45) is 2.00. The van der Waals surface area contributed by atoms with Gasteiger partial charge in [-0.1, -0.05) is 23.7 Å². The van der Waals surface area contributed by atoms with Crippen LogP contribution in [0.1, 0.15) is 12.0 Å². The third kappa shape index (κ3) is 4.27. The van der Waals surface area contributed by atoms with E-state index in [-0.39, 0.29) is 0 Å². The van der Waals surface area contributed by atoms with Crippen molar-refractivity contribution in [1.82, 2.24) is 5.48 Å². The predicted octanol–water partition coefficient (Wildman–Crippen LogP) is 2.42. The molecule has 0 aromatic heterocycles. The highest BCUT2D eigenvalue weighted by molar-refractivity contribution is 6.30. The quantitative estimate of drug-likeness (QED) is 0.581. The Hall–Kier alpha value is -0.570. The highest BCUT2D eigenvalue weighted by Crippen LogP contribution is 2.11. The Morgan fingerprint density at radius 3 is 3.00 bits per heavy atom. The maximum atomic E-state index is 5.84. The van der Waals surface area contributed by atoms with Gasteiger partial charge in [0, 0.05) is 12.1 Å². The van der Waals surface area contributed by atoms with E-state index in [0.717, 1.165) is 24.5 Å². The van der Waals surface area contributed by atoms with Crippen molar-refractivity contribution in [1.29, 1.82) is 0 Å². The van der Waals surface area contributed by atoms with Gasteiger partial charge in [0.15, 0.2) is 0 Å². The second-order valence-electron chi connectivity index (χ2n) is 2.79. The monoisotopic (exact) mass is 199 g/mol. The van der Waals surface area contributed by atoms with Crippen LogP contribution in [0.5, 0.6) is 0 Å². The smallest absolute Gasteiger partial charge is 0.0685 e. The van der Waals surface area contributed by atoms with Crippen molar-refractivity contribution in [2.45, 2.75) is 12.8 Å². The minimum Gasteiger partial charge on any atom is -0.302 e. The molecule has 0 spiro atoms. The molecule has 0 aliphatic rings. The van der Waals surface area contributed by atoms with Gasteiger partial charge in [0.05, 0.1) is 6.61 Å². The maximum Gasteiger partial charge on any atom is 0.0685 e. The molecule has 0 heterocycles. The molecular weight excluding hydrogens is 186 g/mol. The van der Waals surface area contributed by atoms with Gasteiger partial charge in [-0.05, 0) is 30.5 Å². The van der Waals surface area contributed by atoms with E-state index in [4.69, 9.17) is 16.4 Å². The van der Waals surface area contributed by atoms with Gasteiger partial charge in [0.2, 0.25) is 0 Å². The van der Waals surface area contributed by atoms with Crippen molar-refractivity contribution in [3.63, 3.8) is 0 Å². The summed E-state index contributed by atoms with van der Waals surface area (Å²) in [6, 6.07) is 7.91. The fourth-order valence-corrected chi connectivity index (χ4v) is 1.36. The van der Waals surface area contributed by atoms with Gasteiger partial charge in [-0.3, -0.25) is 0 Å². The summed E-state index contributed by atoms with van der Waals surface area (Å²) in [5, 5.41) is 0.798. The number of rotatable bonds is 5. The highest BCUT2D eigenvalue weighted by atomic mass is 35.5. The van der Waals surface area contributed by atoms with E-state index in [2.05, 4.69) is 11.5 Å². The lowest BCUT2D eigenvalue weighted by Crippen LogP contribution is -2.08. The number of hydroxylamine groups is 1. The molecule has 0 fully saturated rings. The summed E-state index contributed by atoms with van der Waals surface area (Å²) >= 11 is 5.84. The molecule has 0 saturated carbocycles. The lowest BCUT2D eigenvalue weighted by Gasteiger charge is -2.02. The molecule has 72 valence electrons. The molecule has 1 aromatic rings. The van der Waals surface area contributed by atoms with E-state index < -0.39 is 0 Å². The van der Waals surface area contributed by atoms with Crippen LogP contribution in [0, 0.1) is 0 Å². The molecule has 0 aliphatic heterocycles. The van der Waals surface area contributed by atoms with E-state index in [9.17, 15) is 0 Å². The van der Waals surface area contributed by atoms with Crippen LogP contribution < -0.4 is 5.48 Å². The number of nitrogens with one attached hydrogen (secondary N) is 1. The molecular formula is C10H14ClNO. The third-order valence-corrected chi connectivity index (χ3v) is 1.98. The van der Waals surface area contributed by atoms with E-state index in [1.54, 1.807) is 7.05 Å². The molecule has 1 rings (SSSR count). The molecule has 0 saturated heterocycles. The first-order chi connectivity index (χ1) is 6.33. The van der Waals surface area contributed by atoms with E-state index in [0.29, 0.717) is 0 Å². The van der Waals surface area contributed by atoms with Crippen LogP contribution in [-0.4, -0.2) is 13.7 Å². The van der Waals surface area contributed by atoms with Crippen molar-refractivity contribution in [2.24, 2.45) is 0 Å². The van der Waals surface area contributed by atoms with Crippen LogP contribution in [0.3, 0.4) is 0 Å². The van der Waals surface area contributed by atoms with Crippen LogP contribution in [-0.2, 0) is 11.3 Å². The summed E-state index contributed by atoms with van der Waals surface area (Å²) in [7, 11) is 1.76. The average Bonchev–Trinajstić information content (AvgIpc) is 2.13. The summed E-state index contributed by atoms with van der Waals surface area (Å²) in [5.41, 5.74) is 3.90. The fourth-order valence-electron chi connectivity index (χ4n) is 1.14. The first-order valence-electron chi connectivity index (χ1n) is 4.36. The zero-order valence-electron chi connectivity index (χ0n) is 7.72. The van der Waals surface area contributed by atoms with Crippen molar-refractivity contribution >= 4 is 11.6 Å². The van der Waals surface area contributed by atoms with Gasteiger partial charge in [-0.2, -0.15) is 0 Å². The molecule has 1 aromatic carbocycles. The Balaban J connectivity index is 2.28. The minimum absolute atomic E-state index is 0.725. The van der Waals surface area contributed by atoms with Gasteiger partial charge in [-0.15, -0.1) is 0 Å².